The van der Waals surface area contributed by atoms with Crippen LogP contribution in [0.2, 0.25) is 0 Å². The van der Waals surface area contributed by atoms with Crippen LogP contribution in [0.5, 0.6) is 0 Å². The molecule has 7 nitrogen and oxygen atoms in total. The summed E-state index contributed by atoms with van der Waals surface area (Å²) in [7, 11) is 0. The number of nitrogens with two attached hydrogens (primary N) is 2. The first-order valence-corrected chi connectivity index (χ1v) is 11.3. The van der Waals surface area contributed by atoms with E-state index < -0.39 is 0 Å². The maximum atomic E-state index is 6.14. The molecule has 0 spiro atoms. The quantitative estimate of drug-likeness (QED) is 0.619. The van der Waals surface area contributed by atoms with E-state index in [1.54, 1.807) is 0 Å². The smallest absolute Gasteiger partial charge is 0.227 e. The molecule has 1 fully saturated rings. The lowest BCUT2D eigenvalue weighted by Gasteiger charge is -2.43. The Morgan fingerprint density at radius 2 is 1.88 bits per heavy atom. The van der Waals surface area contributed by atoms with Crippen LogP contribution in [0.3, 0.4) is 0 Å². The van der Waals surface area contributed by atoms with Crippen LogP contribution in [0.1, 0.15) is 49.1 Å². The number of aryl methyl sites for hydroxylation is 2. The fourth-order valence-electron chi connectivity index (χ4n) is 4.93. The van der Waals surface area contributed by atoms with Crippen molar-refractivity contribution in [3.05, 3.63) is 70.5 Å². The molecule has 1 aromatic carbocycles. The molecule has 2 aliphatic rings. The van der Waals surface area contributed by atoms with E-state index in [1.807, 2.05) is 13.1 Å². The molecule has 1 aromatic heterocycles. The molecule has 0 bridgehead atoms. The van der Waals surface area contributed by atoms with Crippen molar-refractivity contribution in [3.63, 3.8) is 0 Å². The molecule has 0 unspecified atom stereocenters. The lowest BCUT2D eigenvalue weighted by atomic mass is 9.96. The van der Waals surface area contributed by atoms with Crippen molar-refractivity contribution in [2.75, 3.05) is 11.9 Å². The van der Waals surface area contributed by atoms with Gasteiger partial charge < -0.3 is 21.7 Å². The Labute approximate surface area is 191 Å². The molecule has 2 aromatic rings. The first kappa shape index (κ1) is 22.1. The number of rotatable bonds is 5. The van der Waals surface area contributed by atoms with E-state index >= 15 is 0 Å². The third-order valence-electron chi connectivity index (χ3n) is 6.61. The summed E-state index contributed by atoms with van der Waals surface area (Å²) >= 11 is 0. The highest BCUT2D eigenvalue weighted by molar-refractivity contribution is 5.56. The Morgan fingerprint density at radius 3 is 2.53 bits per heavy atom. The molecule has 2 aliphatic heterocycles. The predicted molar refractivity (Wildman–Crippen MR) is 130 cm³/mol. The van der Waals surface area contributed by atoms with Crippen molar-refractivity contribution in [1.29, 1.82) is 0 Å². The molecule has 7 heteroatoms. The third kappa shape index (κ3) is 4.58. The monoisotopic (exact) mass is 433 g/mol. The Balaban J connectivity index is 1.40. The van der Waals surface area contributed by atoms with Gasteiger partial charge in [-0.2, -0.15) is 0 Å². The van der Waals surface area contributed by atoms with Gasteiger partial charge in [0.1, 0.15) is 0 Å². The molecular formula is C25H35N7. The highest BCUT2D eigenvalue weighted by Gasteiger charge is 2.33. The molecule has 0 amide bonds. The molecule has 2 atom stereocenters. The number of hydrogen-bond acceptors (Lipinski definition) is 7. The summed E-state index contributed by atoms with van der Waals surface area (Å²) < 4.78 is 0. The minimum absolute atomic E-state index is 0.357. The summed E-state index contributed by atoms with van der Waals surface area (Å²) in [6.07, 6.45) is 4.10. The number of fused-ring (bicyclic) bond motifs is 1. The largest absolute Gasteiger partial charge is 0.401 e. The van der Waals surface area contributed by atoms with Crippen LogP contribution in [0.25, 0.3) is 0 Å². The number of nitrogens with zero attached hydrogens (tertiary/aromatic N) is 4. The summed E-state index contributed by atoms with van der Waals surface area (Å²) in [5, 5.41) is 3.37. The second kappa shape index (κ2) is 8.82. The topological polar surface area (TPSA) is 96.3 Å². The normalized spacial score (nSPS) is 21.8. The third-order valence-corrected chi connectivity index (χ3v) is 6.61. The van der Waals surface area contributed by atoms with E-state index in [-0.39, 0.29) is 0 Å². The minimum Gasteiger partial charge on any atom is -0.401 e. The first-order valence-electron chi connectivity index (χ1n) is 11.3. The summed E-state index contributed by atoms with van der Waals surface area (Å²) in [6, 6.07) is 7.26. The van der Waals surface area contributed by atoms with E-state index in [1.165, 1.54) is 16.7 Å². The Hall–Kier alpha value is -3.06. The van der Waals surface area contributed by atoms with Crippen molar-refractivity contribution in [2.24, 2.45) is 11.5 Å². The summed E-state index contributed by atoms with van der Waals surface area (Å²) in [4.78, 5) is 14.2. The molecule has 170 valence electrons. The fourth-order valence-corrected chi connectivity index (χ4v) is 4.93. The first-order chi connectivity index (χ1) is 15.2. The second-order valence-corrected chi connectivity index (χ2v) is 9.34. The highest BCUT2D eigenvalue weighted by atomic mass is 15.2. The highest BCUT2D eigenvalue weighted by Crippen LogP contribution is 2.32. The second-order valence-electron chi connectivity index (χ2n) is 9.34. The number of likely N-dealkylation sites (tertiary alicyclic amines) is 1. The van der Waals surface area contributed by atoms with E-state index in [9.17, 15) is 0 Å². The average molecular weight is 434 g/mol. The van der Waals surface area contributed by atoms with Gasteiger partial charge in [0.15, 0.2) is 0 Å². The van der Waals surface area contributed by atoms with E-state index in [4.69, 9.17) is 16.5 Å². The summed E-state index contributed by atoms with van der Waals surface area (Å²) in [5.74, 6) is 0.662. The standard InChI is InChI=1S/C25H35N7/c1-15-8-16(2)10-21(9-15)29-25-28-12-20-13-31(14-23(20)30-25)22-6-7-32(17(3)11-22)19(5)24(27)18(4)26/h8-10,12,17,22H,5-7,11,13-14,26-27H2,1-4H3,(H,28,29,30)/b24-18-/t17-,22-/m1/s1. The molecule has 5 N–H and O–H groups in total. The van der Waals surface area contributed by atoms with Gasteiger partial charge in [-0.3, -0.25) is 4.90 Å². The van der Waals surface area contributed by atoms with E-state index in [2.05, 4.69) is 65.6 Å². The van der Waals surface area contributed by atoms with Gasteiger partial charge in [-0.1, -0.05) is 12.6 Å². The van der Waals surface area contributed by atoms with Crippen molar-refractivity contribution in [2.45, 2.75) is 65.7 Å². The van der Waals surface area contributed by atoms with Gasteiger partial charge >= 0.3 is 0 Å². The van der Waals surface area contributed by atoms with Gasteiger partial charge in [0, 0.05) is 54.9 Å². The lowest BCUT2D eigenvalue weighted by molar-refractivity contribution is 0.0913. The Kier molecular flexibility index (Phi) is 6.11. The number of aromatic nitrogens is 2. The molecule has 3 heterocycles. The zero-order chi connectivity index (χ0) is 23.0. The van der Waals surface area contributed by atoms with Crippen molar-refractivity contribution in [3.8, 4) is 0 Å². The minimum atomic E-state index is 0.357. The van der Waals surface area contributed by atoms with Crippen LogP contribution < -0.4 is 16.8 Å². The SMILES string of the molecule is C=C(/C(N)=C(\C)N)N1CC[C@@H](N2Cc3cnc(Nc4cc(C)cc(C)c4)nc3C2)C[C@H]1C. The van der Waals surface area contributed by atoms with Crippen molar-refractivity contribution in [1.82, 2.24) is 19.8 Å². The van der Waals surface area contributed by atoms with Crippen LogP contribution in [0.4, 0.5) is 11.6 Å². The molecule has 32 heavy (non-hydrogen) atoms. The number of piperidine rings is 1. The van der Waals surface area contributed by atoms with Gasteiger partial charge in [-0.25, -0.2) is 9.97 Å². The zero-order valence-corrected chi connectivity index (χ0v) is 19.7. The van der Waals surface area contributed by atoms with E-state index in [0.29, 0.717) is 29.4 Å². The fraction of sp³-hybridized carbons (Fsp3) is 0.440. The molecule has 0 radical (unpaired) electrons. The lowest BCUT2D eigenvalue weighted by Crippen LogP contribution is -2.47. The number of nitrogens with one attached hydrogen (secondary N) is 1. The zero-order valence-electron chi connectivity index (χ0n) is 19.7. The molecular weight excluding hydrogens is 398 g/mol. The summed E-state index contributed by atoms with van der Waals surface area (Å²) in [6.45, 7) is 15.1. The van der Waals surface area contributed by atoms with Crippen LogP contribution in [-0.4, -0.2) is 38.4 Å². The Morgan fingerprint density at radius 1 is 1.16 bits per heavy atom. The average Bonchev–Trinajstić information content (AvgIpc) is 3.15. The van der Waals surface area contributed by atoms with Gasteiger partial charge in [0.05, 0.1) is 17.1 Å². The van der Waals surface area contributed by atoms with Crippen molar-refractivity contribution < 1.29 is 0 Å². The van der Waals surface area contributed by atoms with Gasteiger partial charge in [-0.15, -0.1) is 0 Å². The van der Waals surface area contributed by atoms with Gasteiger partial charge in [0.25, 0.3) is 0 Å². The van der Waals surface area contributed by atoms with Gasteiger partial charge in [0.2, 0.25) is 5.95 Å². The van der Waals surface area contributed by atoms with Gasteiger partial charge in [-0.05, 0) is 63.8 Å². The number of hydrogen-bond donors (Lipinski definition) is 3. The molecule has 0 aliphatic carbocycles. The molecule has 0 saturated carbocycles. The summed E-state index contributed by atoms with van der Waals surface area (Å²) in [5.41, 5.74) is 19.9. The Bertz CT molecular complexity index is 1030. The maximum absolute atomic E-state index is 6.14. The van der Waals surface area contributed by atoms with Crippen LogP contribution >= 0.6 is 0 Å². The van der Waals surface area contributed by atoms with E-state index in [0.717, 1.165) is 49.6 Å². The number of anilines is 2. The van der Waals surface area contributed by atoms with Crippen LogP contribution in [-0.2, 0) is 13.1 Å². The maximum Gasteiger partial charge on any atom is 0.227 e. The predicted octanol–water partition coefficient (Wildman–Crippen LogP) is 3.67. The number of allylic oxidation sites excluding steroid dienone is 1. The number of benzene rings is 1. The molecule has 4 rings (SSSR count). The van der Waals surface area contributed by atoms with Crippen LogP contribution in [0, 0.1) is 13.8 Å². The van der Waals surface area contributed by atoms with Crippen molar-refractivity contribution >= 4 is 11.6 Å². The van der Waals surface area contributed by atoms with Crippen LogP contribution in [0.15, 0.2) is 48.1 Å². The molecule has 1 saturated heterocycles.